The monoisotopic (exact) mass is 212 g/mol. The van der Waals surface area contributed by atoms with E-state index >= 15 is 0 Å². The van der Waals surface area contributed by atoms with Gasteiger partial charge >= 0.3 is 0 Å². The highest BCUT2D eigenvalue weighted by molar-refractivity contribution is 5.79. The lowest BCUT2D eigenvalue weighted by Crippen LogP contribution is -2.48. The van der Waals surface area contributed by atoms with Crippen LogP contribution in [0.25, 0.3) is 0 Å². The molecule has 2 unspecified atom stereocenters. The molecule has 15 heavy (non-hydrogen) atoms. The van der Waals surface area contributed by atoms with Crippen molar-refractivity contribution in [3.8, 4) is 0 Å². The number of aliphatic hydroxyl groups is 1. The van der Waals surface area contributed by atoms with Crippen molar-refractivity contribution < 1.29 is 9.90 Å². The van der Waals surface area contributed by atoms with Crippen LogP contribution in [-0.2, 0) is 4.79 Å². The molecule has 2 aliphatic rings. The Kier molecular flexibility index (Phi) is 3.59. The van der Waals surface area contributed by atoms with Crippen molar-refractivity contribution in [3.05, 3.63) is 0 Å². The first-order chi connectivity index (χ1) is 7.27. The van der Waals surface area contributed by atoms with Crippen molar-refractivity contribution in [1.82, 2.24) is 10.2 Å². The van der Waals surface area contributed by atoms with E-state index in [0.717, 1.165) is 45.3 Å². The van der Waals surface area contributed by atoms with Crippen LogP contribution in [0.5, 0.6) is 0 Å². The van der Waals surface area contributed by atoms with Gasteiger partial charge in [0, 0.05) is 19.6 Å². The van der Waals surface area contributed by atoms with Gasteiger partial charge in [-0.1, -0.05) is 0 Å². The molecular formula is C11H20N2O2. The van der Waals surface area contributed by atoms with Crippen LogP contribution in [0.15, 0.2) is 0 Å². The predicted octanol–water partition coefficient (Wildman–Crippen LogP) is -0.0307. The second-order valence-corrected chi connectivity index (χ2v) is 4.62. The van der Waals surface area contributed by atoms with Crippen molar-refractivity contribution in [2.45, 2.75) is 31.8 Å². The average molecular weight is 212 g/mol. The smallest absolute Gasteiger partial charge is 0.227 e. The summed E-state index contributed by atoms with van der Waals surface area (Å²) in [5, 5.41) is 12.8. The van der Waals surface area contributed by atoms with E-state index in [-0.39, 0.29) is 17.9 Å². The number of aliphatic hydroxyl groups excluding tert-OH is 1. The van der Waals surface area contributed by atoms with Crippen molar-refractivity contribution in [3.63, 3.8) is 0 Å². The molecule has 0 radical (unpaired) electrons. The van der Waals surface area contributed by atoms with E-state index in [0.29, 0.717) is 6.54 Å². The molecule has 0 aromatic carbocycles. The Bertz CT molecular complexity index is 227. The molecule has 2 heterocycles. The summed E-state index contributed by atoms with van der Waals surface area (Å²) < 4.78 is 0. The van der Waals surface area contributed by atoms with Gasteiger partial charge in [-0.15, -0.1) is 0 Å². The molecule has 4 nitrogen and oxygen atoms in total. The number of hydrogen-bond donors (Lipinski definition) is 2. The molecule has 0 spiro atoms. The lowest BCUT2D eigenvalue weighted by atomic mass is 9.96. The Balaban J connectivity index is 1.88. The number of carbonyl (C=O) groups is 1. The molecule has 4 heteroatoms. The predicted molar refractivity (Wildman–Crippen MR) is 57.4 cm³/mol. The quantitative estimate of drug-likeness (QED) is 0.642. The Morgan fingerprint density at radius 1 is 1.33 bits per heavy atom. The topological polar surface area (TPSA) is 52.6 Å². The van der Waals surface area contributed by atoms with E-state index in [1.807, 2.05) is 4.90 Å². The SMILES string of the molecule is O=C(C1CCCNC1)N1CCCC(O)C1. The fourth-order valence-electron chi connectivity index (χ4n) is 2.48. The highest BCUT2D eigenvalue weighted by Gasteiger charge is 2.28. The summed E-state index contributed by atoms with van der Waals surface area (Å²) in [7, 11) is 0. The Labute approximate surface area is 90.6 Å². The van der Waals surface area contributed by atoms with Crippen LogP contribution >= 0.6 is 0 Å². The summed E-state index contributed by atoms with van der Waals surface area (Å²) in [5.41, 5.74) is 0. The number of likely N-dealkylation sites (tertiary alicyclic amines) is 1. The molecule has 1 amide bonds. The molecule has 86 valence electrons. The van der Waals surface area contributed by atoms with Crippen LogP contribution in [0.3, 0.4) is 0 Å². The molecule has 2 saturated heterocycles. The zero-order valence-electron chi connectivity index (χ0n) is 9.11. The standard InChI is InChI=1S/C11H20N2O2/c14-10-4-2-6-13(8-10)11(15)9-3-1-5-12-7-9/h9-10,12,14H,1-8H2. The highest BCUT2D eigenvalue weighted by Crippen LogP contribution is 2.17. The Morgan fingerprint density at radius 3 is 2.87 bits per heavy atom. The molecule has 2 atom stereocenters. The first-order valence-corrected chi connectivity index (χ1v) is 5.95. The van der Waals surface area contributed by atoms with Gasteiger partial charge in [-0.3, -0.25) is 4.79 Å². The van der Waals surface area contributed by atoms with Crippen molar-refractivity contribution in [1.29, 1.82) is 0 Å². The van der Waals surface area contributed by atoms with Gasteiger partial charge in [-0.05, 0) is 32.2 Å². The second-order valence-electron chi connectivity index (χ2n) is 4.62. The minimum Gasteiger partial charge on any atom is -0.391 e. The van der Waals surface area contributed by atoms with Crippen LogP contribution in [0.2, 0.25) is 0 Å². The van der Waals surface area contributed by atoms with Crippen LogP contribution in [0.4, 0.5) is 0 Å². The molecule has 0 aromatic heterocycles. The first kappa shape index (κ1) is 10.9. The number of rotatable bonds is 1. The number of hydrogen-bond acceptors (Lipinski definition) is 3. The molecule has 0 saturated carbocycles. The largest absolute Gasteiger partial charge is 0.391 e. The summed E-state index contributed by atoms with van der Waals surface area (Å²) >= 11 is 0. The number of β-amino-alcohol motifs (C(OH)–C–C–N with tert-alkyl or cyclic N) is 1. The van der Waals surface area contributed by atoms with E-state index in [9.17, 15) is 9.90 Å². The Morgan fingerprint density at radius 2 is 2.20 bits per heavy atom. The van der Waals surface area contributed by atoms with Crippen molar-refractivity contribution in [2.75, 3.05) is 26.2 Å². The van der Waals surface area contributed by atoms with Gasteiger partial charge in [0.15, 0.2) is 0 Å². The molecule has 0 aromatic rings. The molecule has 2 fully saturated rings. The van der Waals surface area contributed by atoms with Gasteiger partial charge in [-0.25, -0.2) is 0 Å². The van der Waals surface area contributed by atoms with E-state index in [2.05, 4.69) is 5.32 Å². The maximum Gasteiger partial charge on any atom is 0.227 e. The van der Waals surface area contributed by atoms with Crippen LogP contribution in [-0.4, -0.2) is 48.2 Å². The highest BCUT2D eigenvalue weighted by atomic mass is 16.3. The Hall–Kier alpha value is -0.610. The fourth-order valence-corrected chi connectivity index (χ4v) is 2.48. The summed E-state index contributed by atoms with van der Waals surface area (Å²) in [6.45, 7) is 3.21. The molecular weight excluding hydrogens is 192 g/mol. The van der Waals surface area contributed by atoms with E-state index in [1.54, 1.807) is 0 Å². The van der Waals surface area contributed by atoms with Crippen molar-refractivity contribution >= 4 is 5.91 Å². The van der Waals surface area contributed by atoms with Crippen LogP contribution in [0, 0.1) is 5.92 Å². The number of piperidine rings is 2. The molecule has 2 aliphatic heterocycles. The summed E-state index contributed by atoms with van der Waals surface area (Å²) in [6.07, 6.45) is 3.56. The molecule has 2 rings (SSSR count). The summed E-state index contributed by atoms with van der Waals surface area (Å²) in [6, 6.07) is 0. The average Bonchev–Trinajstić information content (AvgIpc) is 2.29. The third kappa shape index (κ3) is 2.69. The zero-order valence-corrected chi connectivity index (χ0v) is 9.11. The van der Waals surface area contributed by atoms with E-state index in [1.165, 1.54) is 0 Å². The number of nitrogens with zero attached hydrogens (tertiary/aromatic N) is 1. The normalized spacial score (nSPS) is 32.7. The number of carbonyl (C=O) groups excluding carboxylic acids is 1. The van der Waals surface area contributed by atoms with E-state index in [4.69, 9.17) is 0 Å². The minimum atomic E-state index is -0.306. The first-order valence-electron chi connectivity index (χ1n) is 5.95. The summed E-state index contributed by atoms with van der Waals surface area (Å²) in [4.78, 5) is 13.9. The van der Waals surface area contributed by atoms with Gasteiger partial charge in [0.25, 0.3) is 0 Å². The molecule has 2 N–H and O–H groups in total. The third-order valence-corrected chi connectivity index (χ3v) is 3.35. The van der Waals surface area contributed by atoms with Gasteiger partial charge < -0.3 is 15.3 Å². The van der Waals surface area contributed by atoms with Gasteiger partial charge in [-0.2, -0.15) is 0 Å². The van der Waals surface area contributed by atoms with Gasteiger partial charge in [0.05, 0.1) is 12.0 Å². The fraction of sp³-hybridized carbons (Fsp3) is 0.909. The number of amides is 1. The maximum atomic E-state index is 12.1. The molecule has 0 aliphatic carbocycles. The third-order valence-electron chi connectivity index (χ3n) is 3.35. The molecule has 0 bridgehead atoms. The van der Waals surface area contributed by atoms with Crippen molar-refractivity contribution in [2.24, 2.45) is 5.92 Å². The van der Waals surface area contributed by atoms with Gasteiger partial charge in [0.1, 0.15) is 0 Å². The zero-order chi connectivity index (χ0) is 10.7. The second kappa shape index (κ2) is 4.94. The van der Waals surface area contributed by atoms with Crippen LogP contribution < -0.4 is 5.32 Å². The lowest BCUT2D eigenvalue weighted by Gasteiger charge is -2.34. The summed E-state index contributed by atoms with van der Waals surface area (Å²) in [5.74, 6) is 0.380. The minimum absolute atomic E-state index is 0.143. The van der Waals surface area contributed by atoms with Gasteiger partial charge in [0.2, 0.25) is 5.91 Å². The lowest BCUT2D eigenvalue weighted by molar-refractivity contribution is -0.139. The van der Waals surface area contributed by atoms with Crippen LogP contribution in [0.1, 0.15) is 25.7 Å². The maximum absolute atomic E-state index is 12.1. The van der Waals surface area contributed by atoms with E-state index < -0.39 is 0 Å². The number of nitrogens with one attached hydrogen (secondary N) is 1.